The van der Waals surface area contributed by atoms with Crippen LogP contribution in [-0.4, -0.2) is 27.1 Å². The zero-order valence-corrected chi connectivity index (χ0v) is 13.3. The van der Waals surface area contributed by atoms with Crippen molar-refractivity contribution < 1.29 is 19.0 Å². The average molecular weight is 313 g/mol. The van der Waals surface area contributed by atoms with Gasteiger partial charge in [0.05, 0.1) is 32.6 Å². The molecule has 0 atom stereocenters. The van der Waals surface area contributed by atoms with E-state index in [1.165, 1.54) is 13.2 Å². The summed E-state index contributed by atoms with van der Waals surface area (Å²) in [5, 5.41) is 0. The number of rotatable bonds is 6. The highest BCUT2D eigenvalue weighted by Gasteiger charge is 2.11. The second-order valence-electron chi connectivity index (χ2n) is 4.77. The van der Waals surface area contributed by atoms with Crippen molar-refractivity contribution in [3.63, 3.8) is 0 Å². The molecular weight excluding hydrogens is 294 g/mol. The fourth-order valence-electron chi connectivity index (χ4n) is 2.12. The van der Waals surface area contributed by atoms with Crippen molar-refractivity contribution in [3.8, 4) is 17.2 Å². The van der Waals surface area contributed by atoms with E-state index in [-0.39, 0.29) is 5.78 Å². The van der Waals surface area contributed by atoms with Gasteiger partial charge < -0.3 is 19.9 Å². The first-order chi connectivity index (χ1) is 11.1. The molecule has 2 aromatic rings. The van der Waals surface area contributed by atoms with E-state index < -0.39 is 0 Å². The first-order valence-electron chi connectivity index (χ1n) is 6.97. The maximum atomic E-state index is 12.4. The van der Waals surface area contributed by atoms with E-state index in [4.69, 9.17) is 19.9 Å². The van der Waals surface area contributed by atoms with Crippen molar-refractivity contribution in [1.29, 1.82) is 0 Å². The van der Waals surface area contributed by atoms with Crippen LogP contribution in [0.5, 0.6) is 17.2 Å². The predicted molar refractivity (Wildman–Crippen MR) is 90.3 cm³/mol. The Morgan fingerprint density at radius 3 is 2.26 bits per heavy atom. The van der Waals surface area contributed by atoms with Gasteiger partial charge in [0.15, 0.2) is 5.78 Å². The predicted octanol–water partition coefficient (Wildman–Crippen LogP) is 3.19. The Hall–Kier alpha value is -2.95. The maximum absolute atomic E-state index is 12.4. The molecule has 2 aromatic carbocycles. The molecule has 0 saturated heterocycles. The van der Waals surface area contributed by atoms with Crippen LogP contribution in [0, 0.1) is 0 Å². The van der Waals surface area contributed by atoms with Gasteiger partial charge in [-0.3, -0.25) is 4.79 Å². The van der Waals surface area contributed by atoms with Crippen LogP contribution in [0.4, 0.5) is 5.69 Å². The van der Waals surface area contributed by atoms with Crippen LogP contribution >= 0.6 is 0 Å². The van der Waals surface area contributed by atoms with Crippen LogP contribution in [0.25, 0.3) is 6.08 Å². The molecule has 23 heavy (non-hydrogen) atoms. The van der Waals surface area contributed by atoms with Crippen LogP contribution in [0.1, 0.15) is 15.9 Å². The van der Waals surface area contributed by atoms with Gasteiger partial charge in [-0.2, -0.15) is 0 Å². The Bertz CT molecular complexity index is 738. The lowest BCUT2D eigenvalue weighted by atomic mass is 10.1. The number of nitrogen functional groups attached to an aromatic ring is 1. The average Bonchev–Trinajstić information content (AvgIpc) is 2.59. The molecule has 5 heteroatoms. The Balaban J connectivity index is 2.26. The SMILES string of the molecule is COc1ccc(OC)c(C(=O)/C=C/c2ccc(OC)c(N)c2)c1. The number of nitrogens with two attached hydrogens (primary N) is 1. The molecule has 0 aliphatic carbocycles. The minimum atomic E-state index is -0.185. The molecule has 0 aromatic heterocycles. The molecule has 5 nitrogen and oxygen atoms in total. The summed E-state index contributed by atoms with van der Waals surface area (Å²) < 4.78 is 15.5. The Morgan fingerprint density at radius 2 is 1.65 bits per heavy atom. The van der Waals surface area contributed by atoms with Crippen LogP contribution in [0.2, 0.25) is 0 Å². The summed E-state index contributed by atoms with van der Waals surface area (Å²) in [6, 6.07) is 10.4. The van der Waals surface area contributed by atoms with Gasteiger partial charge in [0.1, 0.15) is 17.2 Å². The summed E-state index contributed by atoms with van der Waals surface area (Å²) in [4.78, 5) is 12.4. The molecule has 0 spiro atoms. The van der Waals surface area contributed by atoms with E-state index >= 15 is 0 Å². The van der Waals surface area contributed by atoms with Gasteiger partial charge >= 0.3 is 0 Å². The van der Waals surface area contributed by atoms with Crippen molar-refractivity contribution in [1.82, 2.24) is 0 Å². The Labute approximate surface area is 135 Å². The number of benzene rings is 2. The molecule has 0 amide bonds. The third-order valence-electron chi connectivity index (χ3n) is 3.35. The number of ether oxygens (including phenoxy) is 3. The lowest BCUT2D eigenvalue weighted by molar-refractivity contribution is 0.104. The van der Waals surface area contributed by atoms with Crippen molar-refractivity contribution in [2.75, 3.05) is 27.1 Å². The summed E-state index contributed by atoms with van der Waals surface area (Å²) in [5.74, 6) is 1.50. The minimum Gasteiger partial charge on any atom is -0.497 e. The highest BCUT2D eigenvalue weighted by Crippen LogP contribution is 2.26. The molecule has 0 aliphatic heterocycles. The number of hydrogen-bond donors (Lipinski definition) is 1. The first kappa shape index (κ1) is 16.4. The van der Waals surface area contributed by atoms with Gasteiger partial charge in [0.2, 0.25) is 0 Å². The van der Waals surface area contributed by atoms with Crippen LogP contribution in [0.15, 0.2) is 42.5 Å². The monoisotopic (exact) mass is 313 g/mol. The van der Waals surface area contributed by atoms with Crippen molar-refractivity contribution >= 4 is 17.5 Å². The van der Waals surface area contributed by atoms with Gasteiger partial charge in [-0.05, 0) is 42.0 Å². The number of carbonyl (C=O) groups is 1. The third kappa shape index (κ3) is 3.83. The number of allylic oxidation sites excluding steroid dienone is 1. The fraction of sp³-hybridized carbons (Fsp3) is 0.167. The number of carbonyl (C=O) groups excluding carboxylic acids is 1. The molecule has 0 unspecified atom stereocenters. The summed E-state index contributed by atoms with van der Waals surface area (Å²) >= 11 is 0. The van der Waals surface area contributed by atoms with Gasteiger partial charge in [-0.15, -0.1) is 0 Å². The second-order valence-corrected chi connectivity index (χ2v) is 4.77. The molecule has 2 N–H and O–H groups in total. The van der Waals surface area contributed by atoms with Crippen molar-refractivity contribution in [3.05, 3.63) is 53.6 Å². The Morgan fingerprint density at radius 1 is 0.957 bits per heavy atom. The lowest BCUT2D eigenvalue weighted by Crippen LogP contribution is -2.00. The molecule has 0 heterocycles. The molecule has 120 valence electrons. The molecule has 0 saturated carbocycles. The highest BCUT2D eigenvalue weighted by molar-refractivity contribution is 6.09. The summed E-state index contributed by atoms with van der Waals surface area (Å²) in [6.45, 7) is 0. The van der Waals surface area contributed by atoms with Crippen molar-refractivity contribution in [2.45, 2.75) is 0 Å². The molecule has 0 aliphatic rings. The highest BCUT2D eigenvalue weighted by atomic mass is 16.5. The standard InChI is InChI=1S/C18H19NO4/c1-21-13-6-9-17(22-2)14(11-13)16(20)7-4-12-5-8-18(23-3)15(19)10-12/h4-11H,19H2,1-3H3/b7-4+. The number of methoxy groups -OCH3 is 3. The Kier molecular flexibility index (Phi) is 5.25. The van der Waals surface area contributed by atoms with Gasteiger partial charge in [0, 0.05) is 0 Å². The molecule has 0 radical (unpaired) electrons. The number of anilines is 1. The topological polar surface area (TPSA) is 70.8 Å². The van der Waals surface area contributed by atoms with E-state index in [1.54, 1.807) is 50.6 Å². The quantitative estimate of drug-likeness (QED) is 0.504. The smallest absolute Gasteiger partial charge is 0.189 e. The number of ketones is 1. The largest absolute Gasteiger partial charge is 0.497 e. The van der Waals surface area contributed by atoms with E-state index in [0.717, 1.165) is 5.56 Å². The fourth-order valence-corrected chi connectivity index (χ4v) is 2.12. The summed E-state index contributed by atoms with van der Waals surface area (Å²) in [5.41, 5.74) is 7.61. The second kappa shape index (κ2) is 7.35. The molecule has 0 bridgehead atoms. The van der Waals surface area contributed by atoms with Gasteiger partial charge in [0.25, 0.3) is 0 Å². The van der Waals surface area contributed by atoms with E-state index in [2.05, 4.69) is 0 Å². The van der Waals surface area contributed by atoms with Gasteiger partial charge in [-0.25, -0.2) is 0 Å². The third-order valence-corrected chi connectivity index (χ3v) is 3.35. The maximum Gasteiger partial charge on any atom is 0.189 e. The van der Waals surface area contributed by atoms with E-state index in [0.29, 0.717) is 28.5 Å². The first-order valence-corrected chi connectivity index (χ1v) is 6.97. The normalized spacial score (nSPS) is 10.6. The van der Waals surface area contributed by atoms with Crippen LogP contribution < -0.4 is 19.9 Å². The molecular formula is C18H19NO4. The summed E-state index contributed by atoms with van der Waals surface area (Å²) in [6.07, 6.45) is 3.16. The van der Waals surface area contributed by atoms with E-state index in [1.807, 2.05) is 6.07 Å². The number of hydrogen-bond acceptors (Lipinski definition) is 5. The summed E-state index contributed by atoms with van der Waals surface area (Å²) in [7, 11) is 4.62. The van der Waals surface area contributed by atoms with Crippen LogP contribution in [0.3, 0.4) is 0 Å². The zero-order chi connectivity index (χ0) is 16.8. The molecule has 2 rings (SSSR count). The van der Waals surface area contributed by atoms with Crippen molar-refractivity contribution in [2.24, 2.45) is 0 Å². The molecule has 0 fully saturated rings. The van der Waals surface area contributed by atoms with Gasteiger partial charge in [-0.1, -0.05) is 12.1 Å². The van der Waals surface area contributed by atoms with E-state index in [9.17, 15) is 4.79 Å². The minimum absolute atomic E-state index is 0.185. The zero-order valence-electron chi connectivity index (χ0n) is 13.3. The van der Waals surface area contributed by atoms with Crippen LogP contribution in [-0.2, 0) is 0 Å². The lowest BCUT2D eigenvalue weighted by Gasteiger charge is -2.08.